The molecule has 2 atom stereocenters. The first kappa shape index (κ1) is 14.0. The molecule has 110 valence electrons. The van der Waals surface area contributed by atoms with Crippen molar-refractivity contribution in [3.63, 3.8) is 0 Å². The molecule has 0 saturated carbocycles. The summed E-state index contributed by atoms with van der Waals surface area (Å²) < 4.78 is 10.8. The molecule has 0 unspecified atom stereocenters. The minimum absolute atomic E-state index is 0.105. The third-order valence-corrected chi connectivity index (χ3v) is 4.32. The van der Waals surface area contributed by atoms with Gasteiger partial charge in [0.2, 0.25) is 5.91 Å². The number of carbonyl (C=O) groups excluding carboxylic acids is 1. The Balaban J connectivity index is 1.69. The Morgan fingerprint density at radius 3 is 3.14 bits per heavy atom. The maximum Gasteiger partial charge on any atom is 0.231 e. The second kappa shape index (κ2) is 5.83. The van der Waals surface area contributed by atoms with Gasteiger partial charge in [-0.1, -0.05) is 23.4 Å². The molecule has 1 fully saturated rings. The molecule has 3 heterocycles. The third-order valence-electron chi connectivity index (χ3n) is 3.44. The molecule has 6 heteroatoms. The number of carbonyl (C=O) groups is 1. The van der Waals surface area contributed by atoms with Crippen LogP contribution in [0, 0.1) is 5.92 Å². The number of thiophene rings is 1. The summed E-state index contributed by atoms with van der Waals surface area (Å²) in [6.45, 7) is 6.33. The quantitative estimate of drug-likeness (QED) is 0.880. The minimum atomic E-state index is -0.218. The van der Waals surface area contributed by atoms with Gasteiger partial charge in [0.05, 0.1) is 16.9 Å². The number of rotatable bonds is 4. The van der Waals surface area contributed by atoms with Crippen molar-refractivity contribution >= 4 is 23.1 Å². The van der Waals surface area contributed by atoms with E-state index < -0.39 is 0 Å². The molecule has 1 saturated heterocycles. The Hall–Kier alpha value is -1.92. The average Bonchev–Trinajstić information content (AvgIpc) is 3.19. The molecule has 1 aliphatic heterocycles. The van der Waals surface area contributed by atoms with E-state index in [0.29, 0.717) is 24.6 Å². The van der Waals surface area contributed by atoms with Crippen LogP contribution in [0.3, 0.4) is 0 Å². The zero-order chi connectivity index (χ0) is 14.8. The monoisotopic (exact) mass is 304 g/mol. The SMILES string of the molecule is C=C(C)[C@@H]1OCC[C@@H]1C(=O)Nc1cc(-c2cccs2)on1. The van der Waals surface area contributed by atoms with E-state index in [1.807, 2.05) is 24.4 Å². The number of ether oxygens (including phenoxy) is 1. The number of aromatic nitrogens is 1. The molecule has 1 amide bonds. The number of amides is 1. The first-order valence-corrected chi connectivity index (χ1v) is 7.61. The molecule has 3 rings (SSSR count). The molecule has 2 aromatic rings. The van der Waals surface area contributed by atoms with Crippen molar-refractivity contribution in [2.75, 3.05) is 11.9 Å². The fourth-order valence-electron chi connectivity index (χ4n) is 2.43. The van der Waals surface area contributed by atoms with Crippen molar-refractivity contribution in [3.8, 4) is 10.6 Å². The molecule has 0 radical (unpaired) electrons. The summed E-state index contributed by atoms with van der Waals surface area (Å²) in [5.74, 6) is 0.756. The van der Waals surface area contributed by atoms with Gasteiger partial charge in [0, 0.05) is 12.7 Å². The molecular weight excluding hydrogens is 288 g/mol. The second-order valence-electron chi connectivity index (χ2n) is 5.08. The summed E-state index contributed by atoms with van der Waals surface area (Å²) >= 11 is 1.56. The highest BCUT2D eigenvalue weighted by atomic mass is 32.1. The van der Waals surface area contributed by atoms with E-state index in [0.717, 1.165) is 10.5 Å². The van der Waals surface area contributed by atoms with Crippen molar-refractivity contribution in [2.45, 2.75) is 19.4 Å². The van der Waals surface area contributed by atoms with E-state index in [2.05, 4.69) is 17.1 Å². The Labute approximate surface area is 126 Å². The average molecular weight is 304 g/mol. The first-order valence-electron chi connectivity index (χ1n) is 6.73. The van der Waals surface area contributed by atoms with E-state index >= 15 is 0 Å². The van der Waals surface area contributed by atoms with Crippen molar-refractivity contribution in [1.29, 1.82) is 0 Å². The molecule has 0 aromatic carbocycles. The van der Waals surface area contributed by atoms with Crippen LogP contribution in [0.15, 0.2) is 40.3 Å². The number of anilines is 1. The molecule has 21 heavy (non-hydrogen) atoms. The lowest BCUT2D eigenvalue weighted by molar-refractivity contribution is -0.120. The van der Waals surface area contributed by atoms with Crippen LogP contribution in [0.1, 0.15) is 13.3 Å². The zero-order valence-corrected chi connectivity index (χ0v) is 12.5. The minimum Gasteiger partial charge on any atom is -0.373 e. The lowest BCUT2D eigenvalue weighted by atomic mass is 9.96. The molecule has 2 aromatic heterocycles. The normalized spacial score (nSPS) is 21.4. The van der Waals surface area contributed by atoms with Crippen LogP contribution in [0.25, 0.3) is 10.6 Å². The summed E-state index contributed by atoms with van der Waals surface area (Å²) in [5, 5.41) is 8.64. The maximum absolute atomic E-state index is 12.3. The molecule has 5 nitrogen and oxygen atoms in total. The van der Waals surface area contributed by atoms with Crippen LogP contribution in [0.2, 0.25) is 0 Å². The van der Waals surface area contributed by atoms with Gasteiger partial charge in [-0.15, -0.1) is 11.3 Å². The van der Waals surface area contributed by atoms with E-state index in [4.69, 9.17) is 9.26 Å². The predicted octanol–water partition coefficient (Wildman–Crippen LogP) is 3.32. The van der Waals surface area contributed by atoms with Crippen molar-refractivity contribution in [3.05, 3.63) is 35.7 Å². The third kappa shape index (κ3) is 2.91. The second-order valence-corrected chi connectivity index (χ2v) is 6.02. The Morgan fingerprint density at radius 2 is 2.43 bits per heavy atom. The van der Waals surface area contributed by atoms with Gasteiger partial charge < -0.3 is 14.6 Å². The lowest BCUT2D eigenvalue weighted by Crippen LogP contribution is -2.30. The van der Waals surface area contributed by atoms with Gasteiger partial charge in [-0.05, 0) is 24.8 Å². The van der Waals surface area contributed by atoms with Crippen LogP contribution >= 0.6 is 11.3 Å². The Kier molecular flexibility index (Phi) is 3.90. The molecule has 0 spiro atoms. The van der Waals surface area contributed by atoms with Gasteiger partial charge in [-0.2, -0.15) is 0 Å². The zero-order valence-electron chi connectivity index (χ0n) is 11.7. The van der Waals surface area contributed by atoms with Gasteiger partial charge >= 0.3 is 0 Å². The molecule has 1 aliphatic rings. The Morgan fingerprint density at radius 1 is 1.57 bits per heavy atom. The first-order chi connectivity index (χ1) is 10.1. The smallest absolute Gasteiger partial charge is 0.231 e. The van der Waals surface area contributed by atoms with Crippen LogP contribution in [-0.2, 0) is 9.53 Å². The molecular formula is C15H16N2O3S. The summed E-state index contributed by atoms with van der Waals surface area (Å²) in [6, 6.07) is 5.61. The predicted molar refractivity (Wildman–Crippen MR) is 81.1 cm³/mol. The summed E-state index contributed by atoms with van der Waals surface area (Å²) in [4.78, 5) is 13.3. The topological polar surface area (TPSA) is 64.4 Å². The lowest BCUT2D eigenvalue weighted by Gasteiger charge is -2.17. The molecule has 1 N–H and O–H groups in total. The largest absolute Gasteiger partial charge is 0.373 e. The van der Waals surface area contributed by atoms with Crippen LogP contribution in [0.4, 0.5) is 5.82 Å². The van der Waals surface area contributed by atoms with Gasteiger partial charge in [-0.25, -0.2) is 0 Å². The van der Waals surface area contributed by atoms with Crippen molar-refractivity contribution in [1.82, 2.24) is 5.16 Å². The fraction of sp³-hybridized carbons (Fsp3) is 0.333. The van der Waals surface area contributed by atoms with Crippen LogP contribution < -0.4 is 5.32 Å². The molecule has 0 bridgehead atoms. The summed E-state index contributed by atoms with van der Waals surface area (Å²) in [7, 11) is 0. The van der Waals surface area contributed by atoms with E-state index in [9.17, 15) is 4.79 Å². The maximum atomic E-state index is 12.3. The molecule has 0 aliphatic carbocycles. The highest BCUT2D eigenvalue weighted by Crippen LogP contribution is 2.29. The summed E-state index contributed by atoms with van der Waals surface area (Å²) in [6.07, 6.45) is 0.479. The van der Waals surface area contributed by atoms with Crippen LogP contribution in [0.5, 0.6) is 0 Å². The van der Waals surface area contributed by atoms with Gasteiger partial charge in [0.15, 0.2) is 11.6 Å². The van der Waals surface area contributed by atoms with E-state index in [-0.39, 0.29) is 17.9 Å². The highest BCUT2D eigenvalue weighted by Gasteiger charge is 2.34. The Bertz CT molecular complexity index is 648. The number of hydrogen-bond acceptors (Lipinski definition) is 5. The van der Waals surface area contributed by atoms with Gasteiger partial charge in [-0.3, -0.25) is 4.79 Å². The van der Waals surface area contributed by atoms with E-state index in [1.165, 1.54) is 0 Å². The van der Waals surface area contributed by atoms with Crippen molar-refractivity contribution < 1.29 is 14.1 Å². The van der Waals surface area contributed by atoms with Crippen LogP contribution in [-0.4, -0.2) is 23.8 Å². The number of hydrogen-bond donors (Lipinski definition) is 1. The number of nitrogens with one attached hydrogen (secondary N) is 1. The number of nitrogens with zero attached hydrogens (tertiary/aromatic N) is 1. The standard InChI is InChI=1S/C15H16N2O3S/c1-9(2)14-10(5-6-19-14)15(18)16-13-8-11(20-17-13)12-4-3-7-21-12/h3-4,7-8,10,14H,1,5-6H2,2H3,(H,16,17,18)/t10-,14-/m0/s1. The van der Waals surface area contributed by atoms with Gasteiger partial charge in [0.1, 0.15) is 0 Å². The highest BCUT2D eigenvalue weighted by molar-refractivity contribution is 7.13. The van der Waals surface area contributed by atoms with Crippen molar-refractivity contribution in [2.24, 2.45) is 5.92 Å². The van der Waals surface area contributed by atoms with Gasteiger partial charge in [0.25, 0.3) is 0 Å². The summed E-state index contributed by atoms with van der Waals surface area (Å²) in [5.41, 5.74) is 0.868. The fourth-order valence-corrected chi connectivity index (χ4v) is 3.10. The van der Waals surface area contributed by atoms with E-state index in [1.54, 1.807) is 17.4 Å².